The number of halogens is 2. The number of fused-ring (bicyclic) bond motifs is 1. The molecule has 13 heteroatoms. The average Bonchev–Trinajstić information content (AvgIpc) is 3.68. The molecule has 0 aliphatic carbocycles. The highest BCUT2D eigenvalue weighted by Gasteiger charge is 2.20. The number of rotatable bonds is 11. The number of imidazole rings is 1. The Balaban J connectivity index is 1.07. The number of ether oxygens (including phenoxy) is 1. The van der Waals surface area contributed by atoms with Crippen molar-refractivity contribution in [2.24, 2.45) is 0 Å². The number of pyridine rings is 2. The molecule has 6 aromatic rings. The van der Waals surface area contributed by atoms with Crippen LogP contribution in [0, 0.1) is 6.92 Å². The van der Waals surface area contributed by atoms with E-state index in [0.29, 0.717) is 44.4 Å². The molecule has 3 amide bonds. The zero-order chi connectivity index (χ0) is 35.9. The third-order valence-electron chi connectivity index (χ3n) is 7.92. The second-order valence-electron chi connectivity index (χ2n) is 11.4. The largest absolute Gasteiger partial charge is 0.487 e. The van der Waals surface area contributed by atoms with Crippen LogP contribution >= 0.6 is 23.2 Å². The van der Waals surface area contributed by atoms with E-state index >= 15 is 0 Å². The molecule has 0 spiro atoms. The molecule has 11 nitrogen and oxygen atoms in total. The standard InChI is InChI=1S/C38H31Cl2N7O4/c1-24-20-32(47-19-18-42-23-47)28-4-3-5-33(37(28)44-24)51-22-29-30(39)11-12-31(36(29)40)46(2)35(49)21-43-34(48)13-8-25-6-9-26(10-7-25)38(50)45-27-14-16-41-17-15-27/h3-20,23H,21-22H2,1-2H3,(H,43,48)(H,41,45,50)/b13-8+. The molecular formula is C38H31Cl2N7O4. The monoisotopic (exact) mass is 719 g/mol. The topological polar surface area (TPSA) is 131 Å². The Labute approximate surface area is 303 Å². The maximum atomic E-state index is 13.1. The zero-order valence-electron chi connectivity index (χ0n) is 27.5. The Hall–Kier alpha value is -6.04. The van der Waals surface area contributed by atoms with Gasteiger partial charge in [-0.25, -0.2) is 9.97 Å². The van der Waals surface area contributed by atoms with Gasteiger partial charge in [0.05, 0.1) is 29.3 Å². The van der Waals surface area contributed by atoms with Crippen LogP contribution in [0.4, 0.5) is 11.4 Å². The highest BCUT2D eigenvalue weighted by molar-refractivity contribution is 6.38. The lowest BCUT2D eigenvalue weighted by atomic mass is 10.1. The fourth-order valence-electron chi connectivity index (χ4n) is 5.22. The third kappa shape index (κ3) is 8.23. The highest BCUT2D eigenvalue weighted by atomic mass is 35.5. The quantitative estimate of drug-likeness (QED) is 0.137. The van der Waals surface area contributed by atoms with Crippen LogP contribution in [0.15, 0.2) is 110 Å². The number of anilines is 2. The smallest absolute Gasteiger partial charge is 0.255 e. The summed E-state index contributed by atoms with van der Waals surface area (Å²) in [5.74, 6) is -0.603. The van der Waals surface area contributed by atoms with Gasteiger partial charge in [0.2, 0.25) is 11.8 Å². The van der Waals surface area contributed by atoms with E-state index in [0.717, 1.165) is 16.8 Å². The second kappa shape index (κ2) is 15.7. The third-order valence-corrected chi connectivity index (χ3v) is 8.69. The van der Waals surface area contributed by atoms with E-state index in [9.17, 15) is 14.4 Å². The summed E-state index contributed by atoms with van der Waals surface area (Å²) in [6, 6.07) is 21.0. The van der Waals surface area contributed by atoms with Crippen molar-refractivity contribution >= 4 is 69.3 Å². The molecule has 2 N–H and O–H groups in total. The minimum Gasteiger partial charge on any atom is -0.487 e. The van der Waals surface area contributed by atoms with Crippen LogP contribution in [-0.2, 0) is 16.2 Å². The van der Waals surface area contributed by atoms with Crippen LogP contribution in [0.25, 0.3) is 22.7 Å². The van der Waals surface area contributed by atoms with Crippen LogP contribution < -0.4 is 20.3 Å². The van der Waals surface area contributed by atoms with Crippen molar-refractivity contribution in [1.29, 1.82) is 0 Å². The lowest BCUT2D eigenvalue weighted by molar-refractivity contribution is -0.122. The van der Waals surface area contributed by atoms with Gasteiger partial charge in [-0.05, 0) is 67.1 Å². The van der Waals surface area contributed by atoms with E-state index in [-0.39, 0.29) is 24.1 Å². The van der Waals surface area contributed by atoms with Crippen molar-refractivity contribution in [2.45, 2.75) is 13.5 Å². The van der Waals surface area contributed by atoms with Gasteiger partial charge in [-0.1, -0.05) is 47.5 Å². The summed E-state index contributed by atoms with van der Waals surface area (Å²) < 4.78 is 8.14. The summed E-state index contributed by atoms with van der Waals surface area (Å²) in [5.41, 5.74) is 5.07. The van der Waals surface area contributed by atoms with Gasteiger partial charge in [-0.3, -0.25) is 19.4 Å². The first kappa shape index (κ1) is 34.8. The van der Waals surface area contributed by atoms with E-state index in [1.165, 1.54) is 11.0 Å². The summed E-state index contributed by atoms with van der Waals surface area (Å²) in [4.78, 5) is 52.3. The molecule has 256 valence electrons. The number of aromatic nitrogens is 4. The predicted octanol–water partition coefficient (Wildman–Crippen LogP) is 7.05. The van der Waals surface area contributed by atoms with Crippen molar-refractivity contribution in [1.82, 2.24) is 24.8 Å². The Kier molecular flexibility index (Phi) is 10.7. The minimum atomic E-state index is -0.470. The van der Waals surface area contributed by atoms with Crippen LogP contribution in [0.3, 0.4) is 0 Å². The molecule has 0 radical (unpaired) electrons. The van der Waals surface area contributed by atoms with Crippen LogP contribution in [-0.4, -0.2) is 50.8 Å². The minimum absolute atomic E-state index is 0.0145. The number of amides is 3. The van der Waals surface area contributed by atoms with Gasteiger partial charge in [-0.15, -0.1) is 0 Å². The lowest BCUT2D eigenvalue weighted by Gasteiger charge is -2.21. The van der Waals surface area contributed by atoms with E-state index in [1.807, 2.05) is 42.0 Å². The van der Waals surface area contributed by atoms with Gasteiger partial charge in [0.25, 0.3) is 5.91 Å². The number of aryl methyl sites for hydroxylation is 1. The molecular weight excluding hydrogens is 689 g/mol. The number of nitrogens with one attached hydrogen (secondary N) is 2. The number of carbonyl (C=O) groups excluding carboxylic acids is 3. The number of nitrogens with zero attached hydrogens (tertiary/aromatic N) is 5. The number of hydrogen-bond acceptors (Lipinski definition) is 7. The fraction of sp³-hybridized carbons (Fsp3) is 0.105. The number of likely N-dealkylation sites (N-methyl/N-ethyl adjacent to an activating group) is 1. The molecule has 3 aromatic heterocycles. The van der Waals surface area contributed by atoms with Gasteiger partial charge in [0.15, 0.2) is 0 Å². The van der Waals surface area contributed by atoms with Crippen LogP contribution in [0.1, 0.15) is 27.2 Å². The van der Waals surface area contributed by atoms with Gasteiger partial charge in [0.1, 0.15) is 17.9 Å². The molecule has 0 saturated carbocycles. The zero-order valence-corrected chi connectivity index (χ0v) is 29.0. The SMILES string of the molecule is Cc1cc(-n2ccnc2)c2cccc(OCc3c(Cl)ccc(N(C)C(=O)CNC(=O)/C=C/c4ccc(C(=O)Nc5ccncc5)cc4)c3Cl)c2n1. The summed E-state index contributed by atoms with van der Waals surface area (Å²) in [7, 11) is 1.56. The Bertz CT molecular complexity index is 2240. The van der Waals surface area contributed by atoms with Crippen molar-refractivity contribution in [3.8, 4) is 11.4 Å². The molecule has 3 aromatic carbocycles. The molecule has 51 heavy (non-hydrogen) atoms. The Morgan fingerprint density at radius 3 is 2.49 bits per heavy atom. The fourth-order valence-corrected chi connectivity index (χ4v) is 5.82. The Morgan fingerprint density at radius 1 is 0.961 bits per heavy atom. The molecule has 3 heterocycles. The van der Waals surface area contributed by atoms with Crippen LogP contribution in [0.2, 0.25) is 10.0 Å². The average molecular weight is 721 g/mol. The molecule has 6 rings (SSSR count). The molecule has 0 fully saturated rings. The van der Waals surface area contributed by atoms with Crippen LogP contribution in [0.5, 0.6) is 5.75 Å². The molecule has 0 unspecified atom stereocenters. The van der Waals surface area contributed by atoms with Gasteiger partial charge in [0, 0.05) is 70.8 Å². The van der Waals surface area contributed by atoms with Crippen molar-refractivity contribution in [3.05, 3.63) is 142 Å². The lowest BCUT2D eigenvalue weighted by Crippen LogP contribution is -2.37. The predicted molar refractivity (Wildman–Crippen MR) is 198 cm³/mol. The van der Waals surface area contributed by atoms with Crippen molar-refractivity contribution in [2.75, 3.05) is 23.8 Å². The maximum absolute atomic E-state index is 13.1. The second-order valence-corrected chi connectivity index (χ2v) is 12.2. The van der Waals surface area contributed by atoms with Gasteiger partial charge >= 0.3 is 0 Å². The molecule has 0 bridgehead atoms. The summed E-state index contributed by atoms with van der Waals surface area (Å²) >= 11 is 13.3. The van der Waals surface area contributed by atoms with Gasteiger partial charge < -0.3 is 24.8 Å². The number of hydrogen-bond donors (Lipinski definition) is 2. The first-order valence-electron chi connectivity index (χ1n) is 15.7. The normalized spacial score (nSPS) is 11.1. The molecule has 0 atom stereocenters. The number of benzene rings is 3. The first-order chi connectivity index (χ1) is 24.7. The highest BCUT2D eigenvalue weighted by Crippen LogP contribution is 2.36. The van der Waals surface area contributed by atoms with Crippen molar-refractivity contribution < 1.29 is 19.1 Å². The van der Waals surface area contributed by atoms with E-state index < -0.39 is 11.8 Å². The van der Waals surface area contributed by atoms with E-state index in [1.54, 1.807) is 86.6 Å². The molecule has 0 aliphatic heterocycles. The number of para-hydroxylation sites is 1. The summed E-state index contributed by atoms with van der Waals surface area (Å²) in [6.45, 7) is 1.65. The van der Waals surface area contributed by atoms with Gasteiger partial charge in [-0.2, -0.15) is 0 Å². The maximum Gasteiger partial charge on any atom is 0.255 e. The Morgan fingerprint density at radius 2 is 1.75 bits per heavy atom. The first-order valence-corrected chi connectivity index (χ1v) is 16.5. The molecule has 0 aliphatic rings. The summed E-state index contributed by atoms with van der Waals surface area (Å²) in [6.07, 6.45) is 11.4. The number of carbonyl (C=O) groups is 3. The summed E-state index contributed by atoms with van der Waals surface area (Å²) in [5, 5.41) is 6.87. The van der Waals surface area contributed by atoms with E-state index in [4.69, 9.17) is 32.9 Å². The van der Waals surface area contributed by atoms with E-state index in [2.05, 4.69) is 20.6 Å². The molecule has 0 saturated heterocycles. The van der Waals surface area contributed by atoms with Crippen molar-refractivity contribution in [3.63, 3.8) is 0 Å².